The molecule has 26 heavy (non-hydrogen) atoms. The van der Waals surface area contributed by atoms with Gasteiger partial charge >= 0.3 is 5.97 Å². The van der Waals surface area contributed by atoms with Crippen LogP contribution in [0.5, 0.6) is 0 Å². The summed E-state index contributed by atoms with van der Waals surface area (Å²) in [4.78, 5) is 35.4. The second-order valence-corrected chi connectivity index (χ2v) is 6.26. The quantitative estimate of drug-likeness (QED) is 0.779. The lowest BCUT2D eigenvalue weighted by Crippen LogP contribution is -2.30. The molecule has 136 valence electrons. The fourth-order valence-corrected chi connectivity index (χ4v) is 2.25. The van der Waals surface area contributed by atoms with Gasteiger partial charge in [-0.15, -0.1) is 0 Å². The Labute approximate surface area is 152 Å². The third-order valence-electron chi connectivity index (χ3n) is 3.90. The topological polar surface area (TPSA) is 98.5 Å². The molecule has 0 saturated heterocycles. The lowest BCUT2D eigenvalue weighted by molar-refractivity contribution is -0.123. The molecule has 0 fully saturated rings. The van der Waals surface area contributed by atoms with Crippen LogP contribution < -0.4 is 11.1 Å². The van der Waals surface area contributed by atoms with E-state index in [0.717, 1.165) is 5.56 Å². The maximum Gasteiger partial charge on any atom is 0.338 e. The Balaban J connectivity index is 1.95. The van der Waals surface area contributed by atoms with E-state index in [1.807, 2.05) is 12.1 Å². The van der Waals surface area contributed by atoms with Crippen LogP contribution in [0.4, 0.5) is 5.69 Å². The van der Waals surface area contributed by atoms with Gasteiger partial charge in [0, 0.05) is 11.3 Å². The first-order valence-corrected chi connectivity index (χ1v) is 8.29. The Morgan fingerprint density at radius 2 is 1.42 bits per heavy atom. The van der Waals surface area contributed by atoms with Crippen LogP contribution in [-0.4, -0.2) is 23.9 Å². The molecule has 0 spiro atoms. The Morgan fingerprint density at radius 3 is 1.92 bits per heavy atom. The number of carbonyl (C=O) groups excluding carboxylic acids is 3. The van der Waals surface area contributed by atoms with Crippen LogP contribution in [-0.2, 0) is 9.53 Å². The van der Waals surface area contributed by atoms with Crippen LogP contribution in [0.25, 0.3) is 0 Å². The number of anilines is 1. The van der Waals surface area contributed by atoms with E-state index in [-0.39, 0.29) is 0 Å². The summed E-state index contributed by atoms with van der Waals surface area (Å²) in [6.07, 6.45) is -0.969. The van der Waals surface area contributed by atoms with E-state index in [9.17, 15) is 14.4 Å². The number of nitrogens with two attached hydrogens (primary N) is 1. The minimum atomic E-state index is -0.969. The third kappa shape index (κ3) is 4.92. The van der Waals surface area contributed by atoms with Crippen LogP contribution in [0.2, 0.25) is 0 Å². The molecule has 6 nitrogen and oxygen atoms in total. The molecule has 1 atom stereocenters. The monoisotopic (exact) mass is 354 g/mol. The first-order chi connectivity index (χ1) is 12.3. The zero-order valence-corrected chi connectivity index (χ0v) is 15.0. The number of ether oxygens (including phenoxy) is 1. The Bertz CT molecular complexity index is 796. The smallest absolute Gasteiger partial charge is 0.338 e. The average molecular weight is 354 g/mol. The molecule has 0 heterocycles. The highest BCUT2D eigenvalue weighted by molar-refractivity contribution is 5.98. The van der Waals surface area contributed by atoms with Crippen molar-refractivity contribution in [3.63, 3.8) is 0 Å². The van der Waals surface area contributed by atoms with Crippen LogP contribution >= 0.6 is 0 Å². The van der Waals surface area contributed by atoms with Gasteiger partial charge in [-0.05, 0) is 54.8 Å². The summed E-state index contributed by atoms with van der Waals surface area (Å²) in [5.74, 6) is -1.21. The number of rotatable bonds is 6. The molecule has 0 radical (unpaired) electrons. The van der Waals surface area contributed by atoms with Gasteiger partial charge in [0.15, 0.2) is 6.10 Å². The first-order valence-electron chi connectivity index (χ1n) is 8.29. The standard InChI is InChI=1S/C20H22N2O4/c1-12(2)14-4-6-16(7-5-14)20(25)26-13(3)19(24)22-17-10-8-15(9-11-17)18(21)23/h4-13H,1-3H3,(H2,21,23)(H,22,24)/t13-/m1/s1. The van der Waals surface area contributed by atoms with Crippen molar-refractivity contribution in [2.45, 2.75) is 32.8 Å². The van der Waals surface area contributed by atoms with Crippen LogP contribution in [0.1, 0.15) is 53.0 Å². The van der Waals surface area contributed by atoms with Crippen molar-refractivity contribution >= 4 is 23.5 Å². The summed E-state index contributed by atoms with van der Waals surface area (Å²) in [6.45, 7) is 5.62. The summed E-state index contributed by atoms with van der Waals surface area (Å²) in [5, 5.41) is 2.62. The van der Waals surface area contributed by atoms with Crippen molar-refractivity contribution in [2.75, 3.05) is 5.32 Å². The fourth-order valence-electron chi connectivity index (χ4n) is 2.25. The number of hydrogen-bond acceptors (Lipinski definition) is 4. The minimum absolute atomic E-state index is 0.340. The molecule has 2 rings (SSSR count). The number of nitrogens with one attached hydrogen (secondary N) is 1. The second kappa shape index (κ2) is 8.29. The number of amides is 2. The van der Waals surface area contributed by atoms with Gasteiger partial charge in [0.1, 0.15) is 0 Å². The van der Waals surface area contributed by atoms with Gasteiger partial charge in [0.25, 0.3) is 5.91 Å². The van der Waals surface area contributed by atoms with Gasteiger partial charge in [-0.1, -0.05) is 26.0 Å². The number of hydrogen-bond donors (Lipinski definition) is 2. The Morgan fingerprint density at radius 1 is 0.885 bits per heavy atom. The van der Waals surface area contributed by atoms with Crippen molar-refractivity contribution < 1.29 is 19.1 Å². The number of esters is 1. The van der Waals surface area contributed by atoms with Crippen LogP contribution in [0.3, 0.4) is 0 Å². The van der Waals surface area contributed by atoms with E-state index in [4.69, 9.17) is 10.5 Å². The molecule has 2 amide bonds. The molecule has 0 aliphatic carbocycles. The molecule has 0 aliphatic heterocycles. The molecule has 0 saturated carbocycles. The predicted octanol–water partition coefficient (Wildman–Crippen LogP) is 3.09. The zero-order chi connectivity index (χ0) is 19.3. The van der Waals surface area contributed by atoms with Gasteiger partial charge in [0.05, 0.1) is 5.56 Å². The number of benzene rings is 2. The van der Waals surface area contributed by atoms with E-state index >= 15 is 0 Å². The minimum Gasteiger partial charge on any atom is -0.449 e. The van der Waals surface area contributed by atoms with Gasteiger partial charge in [-0.3, -0.25) is 9.59 Å². The third-order valence-corrected chi connectivity index (χ3v) is 3.90. The van der Waals surface area contributed by atoms with Crippen LogP contribution in [0, 0.1) is 0 Å². The molecular weight excluding hydrogens is 332 g/mol. The highest BCUT2D eigenvalue weighted by Crippen LogP contribution is 2.16. The van der Waals surface area contributed by atoms with Gasteiger partial charge < -0.3 is 15.8 Å². The van der Waals surface area contributed by atoms with Crippen molar-refractivity contribution in [2.24, 2.45) is 5.73 Å². The molecule has 6 heteroatoms. The van der Waals surface area contributed by atoms with E-state index in [0.29, 0.717) is 22.7 Å². The highest BCUT2D eigenvalue weighted by Gasteiger charge is 2.19. The lowest BCUT2D eigenvalue weighted by atomic mass is 10.0. The maximum atomic E-state index is 12.2. The fraction of sp³-hybridized carbons (Fsp3) is 0.250. The summed E-state index contributed by atoms with van der Waals surface area (Å²) >= 11 is 0. The van der Waals surface area contributed by atoms with Gasteiger partial charge in [-0.2, -0.15) is 0 Å². The van der Waals surface area contributed by atoms with E-state index < -0.39 is 23.9 Å². The molecule has 0 aliphatic rings. The molecular formula is C20H22N2O4. The molecule has 0 aromatic heterocycles. The van der Waals surface area contributed by atoms with Crippen molar-refractivity contribution in [1.29, 1.82) is 0 Å². The Hall–Kier alpha value is -3.15. The number of carbonyl (C=O) groups is 3. The number of primary amides is 1. The molecule has 2 aromatic rings. The van der Waals surface area contributed by atoms with Gasteiger partial charge in [-0.25, -0.2) is 4.79 Å². The molecule has 0 bridgehead atoms. The largest absolute Gasteiger partial charge is 0.449 e. The first kappa shape index (κ1) is 19.2. The summed E-state index contributed by atoms with van der Waals surface area (Å²) in [6, 6.07) is 13.2. The predicted molar refractivity (Wildman–Crippen MR) is 99.0 cm³/mol. The van der Waals surface area contributed by atoms with Gasteiger partial charge in [0.2, 0.25) is 5.91 Å². The second-order valence-electron chi connectivity index (χ2n) is 6.26. The molecule has 2 aromatic carbocycles. The van der Waals surface area contributed by atoms with E-state index in [1.54, 1.807) is 24.3 Å². The zero-order valence-electron chi connectivity index (χ0n) is 15.0. The normalized spacial score (nSPS) is 11.7. The maximum absolute atomic E-state index is 12.2. The Kier molecular flexibility index (Phi) is 6.11. The molecule has 0 unspecified atom stereocenters. The SMILES string of the molecule is CC(C)c1ccc(C(=O)O[C@H](C)C(=O)Nc2ccc(C(N)=O)cc2)cc1. The van der Waals surface area contributed by atoms with E-state index in [1.165, 1.54) is 19.1 Å². The summed E-state index contributed by atoms with van der Waals surface area (Å²) in [5.41, 5.74) is 7.49. The van der Waals surface area contributed by atoms with E-state index in [2.05, 4.69) is 19.2 Å². The van der Waals surface area contributed by atoms with Crippen LogP contribution in [0.15, 0.2) is 48.5 Å². The van der Waals surface area contributed by atoms with Crippen molar-refractivity contribution in [3.05, 3.63) is 65.2 Å². The van der Waals surface area contributed by atoms with Crippen molar-refractivity contribution in [3.8, 4) is 0 Å². The summed E-state index contributed by atoms with van der Waals surface area (Å²) in [7, 11) is 0. The average Bonchev–Trinajstić information content (AvgIpc) is 2.62. The molecule has 3 N–H and O–H groups in total. The lowest BCUT2D eigenvalue weighted by Gasteiger charge is -2.14. The van der Waals surface area contributed by atoms with Crippen molar-refractivity contribution in [1.82, 2.24) is 0 Å². The highest BCUT2D eigenvalue weighted by atomic mass is 16.5. The summed E-state index contributed by atoms with van der Waals surface area (Å²) < 4.78 is 5.21.